The Morgan fingerprint density at radius 3 is 2.83 bits per heavy atom. The van der Waals surface area contributed by atoms with Crippen LogP contribution in [0.15, 0.2) is 24.3 Å². The second-order valence-corrected chi connectivity index (χ2v) is 4.84. The van der Waals surface area contributed by atoms with Crippen LogP contribution in [-0.2, 0) is 20.7 Å². The molecule has 1 atom stereocenters. The van der Waals surface area contributed by atoms with Crippen LogP contribution in [0.4, 0.5) is 5.69 Å². The first kappa shape index (κ1) is 18.2. The Morgan fingerprint density at radius 1 is 1.48 bits per heavy atom. The number of carbonyl (C=O) groups is 2. The summed E-state index contributed by atoms with van der Waals surface area (Å²) in [5.74, 6) is 1.50. The molecule has 1 amide bonds. The van der Waals surface area contributed by atoms with E-state index in [-0.39, 0.29) is 12.1 Å². The normalized spacial score (nSPS) is 11.1. The van der Waals surface area contributed by atoms with Crippen LogP contribution >= 0.6 is 0 Å². The second-order valence-electron chi connectivity index (χ2n) is 4.84. The first-order valence-electron chi connectivity index (χ1n) is 7.02. The molecule has 0 radical (unpaired) electrons. The van der Waals surface area contributed by atoms with Gasteiger partial charge < -0.3 is 10.1 Å². The molecule has 0 heterocycles. The molecule has 0 aliphatic carbocycles. The number of amides is 1. The van der Waals surface area contributed by atoms with Crippen LogP contribution in [0.3, 0.4) is 0 Å². The predicted octanol–water partition coefficient (Wildman–Crippen LogP) is 1.60. The van der Waals surface area contributed by atoms with Crippen molar-refractivity contribution in [1.82, 2.24) is 5.32 Å². The Morgan fingerprint density at radius 2 is 2.22 bits per heavy atom. The number of non-ortho nitro benzene ring substituents is 1. The van der Waals surface area contributed by atoms with E-state index in [2.05, 4.69) is 16.0 Å². The van der Waals surface area contributed by atoms with Gasteiger partial charge in [0.1, 0.15) is 6.04 Å². The quantitative estimate of drug-likeness (QED) is 0.258. The van der Waals surface area contributed by atoms with Crippen molar-refractivity contribution < 1.29 is 19.2 Å². The Balaban J connectivity index is 2.68. The molecule has 1 aromatic rings. The van der Waals surface area contributed by atoms with Crippen LogP contribution in [0.5, 0.6) is 0 Å². The van der Waals surface area contributed by atoms with Gasteiger partial charge >= 0.3 is 5.97 Å². The summed E-state index contributed by atoms with van der Waals surface area (Å²) in [5, 5.41) is 13.3. The predicted molar refractivity (Wildman–Crippen MR) is 83.4 cm³/mol. The standard InChI is InChI=1S/C16H18N2O5/c1-3-4-5-9-14(16(20)23-2)17-15(19)11-12-7-6-8-13(10-12)18(21)22/h1,6-8,10,14H,4-5,9,11H2,2H3,(H,17,19)/t14-/m1/s1. The Bertz CT molecular complexity index is 621. The number of nitrogens with one attached hydrogen (secondary N) is 1. The molecule has 1 aromatic carbocycles. The van der Waals surface area contributed by atoms with Gasteiger partial charge in [-0.25, -0.2) is 4.79 Å². The number of terminal acetylenes is 1. The number of hydrogen-bond donors (Lipinski definition) is 1. The number of hydrogen-bond acceptors (Lipinski definition) is 5. The topological polar surface area (TPSA) is 98.5 Å². The smallest absolute Gasteiger partial charge is 0.328 e. The van der Waals surface area contributed by atoms with Gasteiger partial charge in [-0.3, -0.25) is 14.9 Å². The van der Waals surface area contributed by atoms with Gasteiger partial charge in [0, 0.05) is 18.6 Å². The number of benzene rings is 1. The van der Waals surface area contributed by atoms with Crippen molar-refractivity contribution in [3.8, 4) is 12.3 Å². The van der Waals surface area contributed by atoms with Gasteiger partial charge in [-0.15, -0.1) is 12.3 Å². The molecule has 0 saturated heterocycles. The van der Waals surface area contributed by atoms with E-state index in [1.807, 2.05) is 0 Å². The zero-order valence-corrected chi connectivity index (χ0v) is 12.8. The van der Waals surface area contributed by atoms with E-state index in [4.69, 9.17) is 6.42 Å². The number of methoxy groups -OCH3 is 1. The van der Waals surface area contributed by atoms with Crippen LogP contribution < -0.4 is 5.32 Å². The van der Waals surface area contributed by atoms with Gasteiger partial charge in [0.2, 0.25) is 5.91 Å². The highest BCUT2D eigenvalue weighted by atomic mass is 16.6. The Kier molecular flexibility index (Phi) is 7.27. The molecule has 7 nitrogen and oxygen atoms in total. The molecule has 0 fully saturated rings. The summed E-state index contributed by atoms with van der Waals surface area (Å²) in [5.41, 5.74) is 0.401. The number of nitro groups is 1. The number of nitrogens with zero attached hydrogens (tertiary/aromatic N) is 1. The lowest BCUT2D eigenvalue weighted by Crippen LogP contribution is -2.42. The third-order valence-electron chi connectivity index (χ3n) is 3.12. The van der Waals surface area contributed by atoms with Gasteiger partial charge in [0.05, 0.1) is 18.5 Å². The monoisotopic (exact) mass is 318 g/mol. The summed E-state index contributed by atoms with van der Waals surface area (Å²) < 4.78 is 4.65. The van der Waals surface area contributed by atoms with Gasteiger partial charge in [0.25, 0.3) is 5.69 Å². The van der Waals surface area contributed by atoms with Crippen molar-refractivity contribution in [3.05, 3.63) is 39.9 Å². The van der Waals surface area contributed by atoms with Crippen molar-refractivity contribution in [2.24, 2.45) is 0 Å². The third-order valence-corrected chi connectivity index (χ3v) is 3.12. The number of unbranched alkanes of at least 4 members (excludes halogenated alkanes) is 1. The highest BCUT2D eigenvalue weighted by Crippen LogP contribution is 2.13. The lowest BCUT2D eigenvalue weighted by Gasteiger charge is -2.16. The minimum atomic E-state index is -0.778. The fourth-order valence-corrected chi connectivity index (χ4v) is 2.01. The van der Waals surface area contributed by atoms with Crippen molar-refractivity contribution in [3.63, 3.8) is 0 Å². The first-order chi connectivity index (χ1) is 11.0. The van der Waals surface area contributed by atoms with Crippen LogP contribution in [0.2, 0.25) is 0 Å². The molecule has 0 unspecified atom stereocenters. The fourth-order valence-electron chi connectivity index (χ4n) is 2.01. The van der Waals surface area contributed by atoms with Crippen LogP contribution in [0.1, 0.15) is 24.8 Å². The summed E-state index contributed by atoms with van der Waals surface area (Å²) in [6, 6.07) is 5.01. The van der Waals surface area contributed by atoms with E-state index < -0.39 is 22.8 Å². The summed E-state index contributed by atoms with van der Waals surface area (Å²) >= 11 is 0. The molecule has 0 saturated carbocycles. The van der Waals surface area contributed by atoms with Crippen LogP contribution in [0, 0.1) is 22.5 Å². The summed E-state index contributed by atoms with van der Waals surface area (Å²) in [6.07, 6.45) is 6.54. The summed E-state index contributed by atoms with van der Waals surface area (Å²) in [7, 11) is 1.24. The molecule has 0 aliphatic heterocycles. The molecular formula is C16H18N2O5. The number of ether oxygens (including phenoxy) is 1. The van der Waals surface area contributed by atoms with Gasteiger partial charge in [-0.05, 0) is 18.4 Å². The van der Waals surface area contributed by atoms with Gasteiger partial charge in [-0.1, -0.05) is 12.1 Å². The lowest BCUT2D eigenvalue weighted by molar-refractivity contribution is -0.384. The molecule has 0 spiro atoms. The zero-order chi connectivity index (χ0) is 17.2. The molecular weight excluding hydrogens is 300 g/mol. The minimum absolute atomic E-state index is 0.0652. The lowest BCUT2D eigenvalue weighted by atomic mass is 10.1. The fraction of sp³-hybridized carbons (Fsp3) is 0.375. The van der Waals surface area contributed by atoms with E-state index in [1.54, 1.807) is 6.07 Å². The Hall–Kier alpha value is -2.88. The number of carbonyl (C=O) groups excluding carboxylic acids is 2. The maximum atomic E-state index is 12.0. The third kappa shape index (κ3) is 6.18. The van der Waals surface area contributed by atoms with Crippen molar-refractivity contribution in [1.29, 1.82) is 0 Å². The van der Waals surface area contributed by atoms with E-state index in [0.29, 0.717) is 24.8 Å². The van der Waals surface area contributed by atoms with E-state index >= 15 is 0 Å². The van der Waals surface area contributed by atoms with Gasteiger partial charge in [0.15, 0.2) is 0 Å². The van der Waals surface area contributed by atoms with E-state index in [1.165, 1.54) is 25.3 Å². The number of nitro benzene ring substituents is 1. The summed E-state index contributed by atoms with van der Waals surface area (Å²) in [4.78, 5) is 33.9. The molecule has 1 N–H and O–H groups in total. The molecule has 0 aliphatic rings. The highest BCUT2D eigenvalue weighted by molar-refractivity contribution is 5.85. The largest absolute Gasteiger partial charge is 0.467 e. The van der Waals surface area contributed by atoms with E-state index in [9.17, 15) is 19.7 Å². The molecule has 0 aromatic heterocycles. The van der Waals surface area contributed by atoms with E-state index in [0.717, 1.165) is 0 Å². The Labute approximate surface area is 134 Å². The highest BCUT2D eigenvalue weighted by Gasteiger charge is 2.21. The average Bonchev–Trinajstić information content (AvgIpc) is 2.53. The van der Waals surface area contributed by atoms with Crippen molar-refractivity contribution in [2.45, 2.75) is 31.7 Å². The van der Waals surface area contributed by atoms with Crippen molar-refractivity contribution >= 4 is 17.6 Å². The van der Waals surface area contributed by atoms with Crippen LogP contribution in [0.25, 0.3) is 0 Å². The maximum absolute atomic E-state index is 12.0. The zero-order valence-electron chi connectivity index (χ0n) is 12.8. The molecule has 7 heteroatoms. The SMILES string of the molecule is C#CCCC[C@@H](NC(=O)Cc1cccc([N+](=O)[O-])c1)C(=O)OC. The second kappa shape index (κ2) is 9.20. The molecule has 122 valence electrons. The maximum Gasteiger partial charge on any atom is 0.328 e. The first-order valence-corrected chi connectivity index (χ1v) is 7.02. The summed E-state index contributed by atoms with van der Waals surface area (Å²) in [6.45, 7) is 0. The van der Waals surface area contributed by atoms with Crippen molar-refractivity contribution in [2.75, 3.05) is 7.11 Å². The molecule has 0 bridgehead atoms. The van der Waals surface area contributed by atoms with Crippen LogP contribution in [-0.4, -0.2) is 30.0 Å². The van der Waals surface area contributed by atoms with Gasteiger partial charge in [-0.2, -0.15) is 0 Å². The minimum Gasteiger partial charge on any atom is -0.467 e. The molecule has 1 rings (SSSR count). The average molecular weight is 318 g/mol. The number of rotatable bonds is 8. The molecule has 23 heavy (non-hydrogen) atoms. The number of esters is 1.